The van der Waals surface area contributed by atoms with Gasteiger partial charge in [-0.25, -0.2) is 4.98 Å². The summed E-state index contributed by atoms with van der Waals surface area (Å²) in [7, 11) is 0. The number of aromatic nitrogens is 2. The van der Waals surface area contributed by atoms with E-state index >= 15 is 0 Å². The van der Waals surface area contributed by atoms with Gasteiger partial charge in [0.2, 0.25) is 18.6 Å². The first kappa shape index (κ1) is 19.1. The van der Waals surface area contributed by atoms with Gasteiger partial charge in [0.25, 0.3) is 5.91 Å². The Bertz CT molecular complexity index is 1220. The van der Waals surface area contributed by atoms with E-state index < -0.39 is 6.04 Å². The highest BCUT2D eigenvalue weighted by atomic mass is 16.7. The minimum atomic E-state index is -0.659. The zero-order chi connectivity index (χ0) is 21.7. The molecule has 164 valence electrons. The fourth-order valence-corrected chi connectivity index (χ4v) is 4.62. The number of imidazole rings is 1. The summed E-state index contributed by atoms with van der Waals surface area (Å²) < 4.78 is 18.3. The number of fused-ring (bicyclic) bond motifs is 4. The highest BCUT2D eigenvalue weighted by Crippen LogP contribution is 2.38. The summed E-state index contributed by atoms with van der Waals surface area (Å²) >= 11 is 0. The lowest BCUT2D eigenvalue weighted by Gasteiger charge is -2.19. The molecule has 3 aliphatic heterocycles. The topological polar surface area (TPSA) is 94.9 Å². The molecule has 3 aliphatic rings. The van der Waals surface area contributed by atoms with Crippen molar-refractivity contribution in [3.8, 4) is 11.5 Å². The lowest BCUT2D eigenvalue weighted by atomic mass is 10.1. The second-order valence-electron chi connectivity index (χ2n) is 8.19. The van der Waals surface area contributed by atoms with E-state index in [4.69, 9.17) is 19.2 Å². The number of para-hydroxylation sites is 2. The number of ether oxygens (including phenoxy) is 3. The molecule has 1 saturated heterocycles. The molecule has 1 aromatic heterocycles. The Morgan fingerprint density at radius 3 is 2.91 bits per heavy atom. The summed E-state index contributed by atoms with van der Waals surface area (Å²) in [6, 6.07) is 12.2. The zero-order valence-corrected chi connectivity index (χ0v) is 17.3. The molecule has 2 aromatic carbocycles. The molecule has 0 saturated carbocycles. The number of hydrogen-bond acceptors (Lipinski definition) is 6. The van der Waals surface area contributed by atoms with Crippen LogP contribution in [0.2, 0.25) is 0 Å². The third-order valence-corrected chi connectivity index (χ3v) is 6.13. The minimum absolute atomic E-state index is 0.00263. The van der Waals surface area contributed by atoms with Gasteiger partial charge in [-0.15, -0.1) is 0 Å². The van der Waals surface area contributed by atoms with Crippen LogP contribution in [0.3, 0.4) is 0 Å². The maximum Gasteiger partial charge on any atom is 0.253 e. The summed E-state index contributed by atoms with van der Waals surface area (Å²) in [5, 5.41) is 2.87. The van der Waals surface area contributed by atoms with Crippen molar-refractivity contribution in [2.24, 2.45) is 0 Å². The maximum atomic E-state index is 13.4. The molecule has 0 bridgehead atoms. The number of hydrogen-bond donors (Lipinski definition) is 1. The highest BCUT2D eigenvalue weighted by Gasteiger charge is 2.42. The van der Waals surface area contributed by atoms with Gasteiger partial charge >= 0.3 is 0 Å². The van der Waals surface area contributed by atoms with Crippen molar-refractivity contribution >= 4 is 34.5 Å². The third-order valence-electron chi connectivity index (χ3n) is 6.13. The minimum Gasteiger partial charge on any atom is -0.454 e. The van der Waals surface area contributed by atoms with Gasteiger partial charge in [0.05, 0.1) is 30.1 Å². The molecule has 2 amide bonds. The fraction of sp³-hybridized carbons (Fsp3) is 0.348. The Balaban J connectivity index is 1.27. The Hall–Kier alpha value is -3.59. The van der Waals surface area contributed by atoms with Crippen molar-refractivity contribution in [3.05, 3.63) is 42.5 Å². The van der Waals surface area contributed by atoms with Crippen molar-refractivity contribution in [3.63, 3.8) is 0 Å². The average molecular weight is 434 g/mol. The molecule has 0 radical (unpaired) electrons. The molecule has 0 unspecified atom stereocenters. The van der Waals surface area contributed by atoms with Crippen molar-refractivity contribution in [2.75, 3.05) is 30.2 Å². The van der Waals surface area contributed by atoms with E-state index in [1.54, 1.807) is 23.1 Å². The molecule has 1 fully saturated rings. The molecule has 0 aliphatic carbocycles. The number of nitrogens with one attached hydrogen (secondary N) is 1. The van der Waals surface area contributed by atoms with E-state index in [0.29, 0.717) is 36.3 Å². The predicted octanol–water partition coefficient (Wildman–Crippen LogP) is 2.86. The lowest BCUT2D eigenvalue weighted by molar-refractivity contribution is -0.124. The number of carbonyl (C=O) groups excluding carboxylic acids is 2. The van der Waals surface area contributed by atoms with Gasteiger partial charge in [0.1, 0.15) is 6.04 Å². The standard InChI is InChI=1S/C23H22N4O5/c28-21(24-14-7-8-19-20(10-14)32-13-31-19)11-18-22(29)26(12-15-4-3-9-30-15)23-25-16-5-1-2-6-17(16)27(18)23/h1-2,5-8,10,15,18H,3-4,9,11-13H2,(H,24,28)/t15-,18+/m1/s1. The second-order valence-corrected chi connectivity index (χ2v) is 8.19. The van der Waals surface area contributed by atoms with Crippen LogP contribution >= 0.6 is 0 Å². The molecule has 6 rings (SSSR count). The van der Waals surface area contributed by atoms with Gasteiger partial charge in [-0.2, -0.15) is 0 Å². The lowest BCUT2D eigenvalue weighted by Crippen LogP contribution is -2.37. The summed E-state index contributed by atoms with van der Waals surface area (Å²) in [6.45, 7) is 1.33. The van der Waals surface area contributed by atoms with Crippen molar-refractivity contribution < 1.29 is 23.8 Å². The quantitative estimate of drug-likeness (QED) is 0.664. The van der Waals surface area contributed by atoms with Gasteiger partial charge in [-0.1, -0.05) is 12.1 Å². The van der Waals surface area contributed by atoms with Gasteiger partial charge in [0, 0.05) is 18.4 Å². The SMILES string of the molecule is O=C(C[C@H]1C(=O)N(C[C@H]2CCCO2)c2nc3ccccc3n21)Nc1ccc2c(c1)OCO2. The largest absolute Gasteiger partial charge is 0.454 e. The first-order chi connectivity index (χ1) is 15.7. The number of nitrogens with zero attached hydrogens (tertiary/aromatic N) is 3. The molecule has 1 N–H and O–H groups in total. The van der Waals surface area contributed by atoms with Crippen LogP contribution in [0, 0.1) is 0 Å². The van der Waals surface area contributed by atoms with Gasteiger partial charge in [0.15, 0.2) is 11.5 Å². The highest BCUT2D eigenvalue weighted by molar-refractivity contribution is 6.05. The van der Waals surface area contributed by atoms with Crippen LogP contribution < -0.4 is 19.7 Å². The molecular weight excluding hydrogens is 412 g/mol. The van der Waals surface area contributed by atoms with Crippen molar-refractivity contribution in [1.29, 1.82) is 0 Å². The molecule has 4 heterocycles. The fourth-order valence-electron chi connectivity index (χ4n) is 4.62. The van der Waals surface area contributed by atoms with Crippen molar-refractivity contribution in [1.82, 2.24) is 9.55 Å². The van der Waals surface area contributed by atoms with Crippen LogP contribution in [0.5, 0.6) is 11.5 Å². The number of benzene rings is 2. The van der Waals surface area contributed by atoms with E-state index in [0.717, 1.165) is 23.9 Å². The molecule has 9 nitrogen and oxygen atoms in total. The summed E-state index contributed by atoms with van der Waals surface area (Å²) in [5.74, 6) is 1.42. The summed E-state index contributed by atoms with van der Waals surface area (Å²) in [5.41, 5.74) is 2.23. The zero-order valence-electron chi connectivity index (χ0n) is 17.3. The Morgan fingerprint density at radius 2 is 2.03 bits per heavy atom. The van der Waals surface area contributed by atoms with Gasteiger partial charge in [-0.3, -0.25) is 19.1 Å². The van der Waals surface area contributed by atoms with Crippen LogP contribution in [0.4, 0.5) is 11.6 Å². The second kappa shape index (κ2) is 7.52. The first-order valence-corrected chi connectivity index (χ1v) is 10.8. The molecule has 3 aromatic rings. The Kier molecular flexibility index (Phi) is 4.50. The van der Waals surface area contributed by atoms with Gasteiger partial charge < -0.3 is 19.5 Å². The molecule has 0 spiro atoms. The monoisotopic (exact) mass is 434 g/mol. The summed E-state index contributed by atoms with van der Waals surface area (Å²) in [4.78, 5) is 32.7. The normalized spacial score (nSPS) is 21.4. The Labute approximate surface area is 183 Å². The van der Waals surface area contributed by atoms with Crippen molar-refractivity contribution in [2.45, 2.75) is 31.4 Å². The first-order valence-electron chi connectivity index (χ1n) is 10.8. The van der Waals surface area contributed by atoms with E-state index in [2.05, 4.69) is 5.32 Å². The number of amides is 2. The predicted molar refractivity (Wildman–Crippen MR) is 116 cm³/mol. The van der Waals surface area contributed by atoms with Crippen LogP contribution in [0.1, 0.15) is 25.3 Å². The van der Waals surface area contributed by atoms with E-state index in [9.17, 15) is 9.59 Å². The number of anilines is 2. The van der Waals surface area contributed by atoms with Crippen LogP contribution in [-0.2, 0) is 14.3 Å². The third kappa shape index (κ3) is 3.16. The maximum absolute atomic E-state index is 13.4. The van der Waals surface area contributed by atoms with Crippen LogP contribution in [0.25, 0.3) is 11.0 Å². The smallest absolute Gasteiger partial charge is 0.253 e. The summed E-state index contributed by atoms with van der Waals surface area (Å²) in [6.07, 6.45) is 1.90. The van der Waals surface area contributed by atoms with E-state index in [1.807, 2.05) is 28.8 Å². The van der Waals surface area contributed by atoms with E-state index in [-0.39, 0.29) is 31.1 Å². The van der Waals surface area contributed by atoms with E-state index in [1.165, 1.54) is 0 Å². The van der Waals surface area contributed by atoms with Crippen LogP contribution in [0.15, 0.2) is 42.5 Å². The van der Waals surface area contributed by atoms with Gasteiger partial charge in [-0.05, 0) is 37.1 Å². The van der Waals surface area contributed by atoms with Crippen LogP contribution in [-0.4, -0.2) is 47.4 Å². The molecule has 9 heteroatoms. The average Bonchev–Trinajstić information content (AvgIpc) is 3.57. The molecular formula is C23H22N4O5. The molecule has 2 atom stereocenters. The number of rotatable bonds is 5. The Morgan fingerprint density at radius 1 is 1.16 bits per heavy atom. The molecule has 32 heavy (non-hydrogen) atoms. The number of carbonyl (C=O) groups is 2.